The first-order valence-electron chi connectivity index (χ1n) is 8.81. The summed E-state index contributed by atoms with van der Waals surface area (Å²) in [5.74, 6) is -3.46. The fourth-order valence-corrected chi connectivity index (χ4v) is 2.61. The van der Waals surface area contributed by atoms with Crippen LogP contribution in [0.5, 0.6) is 6.01 Å². The van der Waals surface area contributed by atoms with Gasteiger partial charge < -0.3 is 15.4 Å². The molecule has 0 aliphatic heterocycles. The number of anilines is 3. The lowest BCUT2D eigenvalue weighted by Crippen LogP contribution is -2.14. The smallest absolute Gasteiger partial charge is 0.314 e. The molecule has 3 heterocycles. The number of ether oxygens (including phenoxy) is 1. The number of pyridine rings is 1. The summed E-state index contributed by atoms with van der Waals surface area (Å²) >= 11 is 0. The first kappa shape index (κ1) is 21.0. The predicted molar refractivity (Wildman–Crippen MR) is 105 cm³/mol. The van der Waals surface area contributed by atoms with E-state index >= 15 is 0 Å². The molecule has 2 N–H and O–H groups in total. The van der Waals surface area contributed by atoms with E-state index in [1.807, 2.05) is 0 Å². The second-order valence-electron chi connectivity index (χ2n) is 6.57. The number of alkyl halides is 2. The maximum absolute atomic E-state index is 13.7. The van der Waals surface area contributed by atoms with Gasteiger partial charge in [0.25, 0.3) is 0 Å². The van der Waals surface area contributed by atoms with Gasteiger partial charge in [-0.2, -0.15) is 13.8 Å². The molecule has 0 radical (unpaired) electrons. The van der Waals surface area contributed by atoms with E-state index in [0.717, 1.165) is 6.92 Å². The minimum Gasteiger partial charge on any atom is -0.467 e. The quantitative estimate of drug-likeness (QED) is 0.627. The van der Waals surface area contributed by atoms with E-state index in [9.17, 15) is 13.6 Å². The third-order valence-corrected chi connectivity index (χ3v) is 3.86. The monoisotopic (exact) mass is 418 g/mol. The Kier molecular flexibility index (Phi) is 5.58. The first-order valence-corrected chi connectivity index (χ1v) is 8.81. The van der Waals surface area contributed by atoms with Gasteiger partial charge in [0, 0.05) is 44.9 Å². The number of methoxy groups -OCH3 is 1. The van der Waals surface area contributed by atoms with Crippen molar-refractivity contribution in [2.75, 3.05) is 17.7 Å². The van der Waals surface area contributed by atoms with E-state index in [0.29, 0.717) is 16.9 Å². The van der Waals surface area contributed by atoms with Crippen LogP contribution in [0.25, 0.3) is 11.4 Å². The van der Waals surface area contributed by atoms with Crippen molar-refractivity contribution >= 4 is 23.2 Å². The predicted octanol–water partition coefficient (Wildman–Crippen LogP) is 2.80. The number of carbonyl (C=O) groups excluding carboxylic acids is 1. The molecule has 0 saturated carbocycles. The van der Waals surface area contributed by atoms with Crippen molar-refractivity contribution in [2.45, 2.75) is 26.7 Å². The maximum atomic E-state index is 13.7. The molecule has 1 amide bonds. The summed E-state index contributed by atoms with van der Waals surface area (Å²) in [6.45, 7) is 3.66. The Morgan fingerprint density at radius 1 is 1.20 bits per heavy atom. The van der Waals surface area contributed by atoms with Crippen LogP contribution in [0.1, 0.15) is 25.4 Å². The standard InChI is InChI=1S/C18H20F2N8O2/c1-9-6-14(25-16(22-9)18(3,19)20)24-12-7-13(23-10(2)29)21-8-11(12)15-26-17(30-5)28(4)27-15/h6-8H,1-5H3,(H2,21,22,23,24,25,29). The zero-order valence-electron chi connectivity index (χ0n) is 17.0. The van der Waals surface area contributed by atoms with Crippen molar-refractivity contribution < 1.29 is 18.3 Å². The molecular formula is C18H20F2N8O2. The third-order valence-electron chi connectivity index (χ3n) is 3.86. The lowest BCUT2D eigenvalue weighted by molar-refractivity contribution is -0.114. The lowest BCUT2D eigenvalue weighted by Gasteiger charge is -2.14. The van der Waals surface area contributed by atoms with Crippen LogP contribution in [0.15, 0.2) is 18.3 Å². The van der Waals surface area contributed by atoms with Gasteiger partial charge in [-0.1, -0.05) is 0 Å². The fraction of sp³-hybridized carbons (Fsp3) is 0.333. The number of aryl methyl sites for hydroxylation is 2. The number of carbonyl (C=O) groups is 1. The number of nitrogens with one attached hydrogen (secondary N) is 2. The van der Waals surface area contributed by atoms with Gasteiger partial charge in [0.1, 0.15) is 11.6 Å². The molecule has 0 fully saturated rings. The minimum atomic E-state index is -3.21. The summed E-state index contributed by atoms with van der Waals surface area (Å²) in [5.41, 5.74) is 1.20. The number of rotatable bonds is 6. The van der Waals surface area contributed by atoms with Gasteiger partial charge in [0.15, 0.2) is 5.82 Å². The van der Waals surface area contributed by atoms with Gasteiger partial charge >= 0.3 is 11.9 Å². The SMILES string of the molecule is COc1nc(-c2cnc(NC(C)=O)cc2Nc2cc(C)nc(C(C)(F)F)n2)nn1C. The first-order chi connectivity index (χ1) is 14.1. The van der Waals surface area contributed by atoms with E-state index in [4.69, 9.17) is 4.74 Å². The van der Waals surface area contributed by atoms with Gasteiger partial charge in [0.2, 0.25) is 11.7 Å². The zero-order chi connectivity index (χ0) is 22.1. The Balaban J connectivity index is 2.09. The molecule has 0 unspecified atom stereocenters. The topological polar surface area (TPSA) is 120 Å². The van der Waals surface area contributed by atoms with Gasteiger partial charge in [-0.05, 0) is 6.92 Å². The lowest BCUT2D eigenvalue weighted by atomic mass is 10.2. The number of halogens is 2. The normalized spacial score (nSPS) is 11.3. The molecule has 0 atom stereocenters. The fourth-order valence-electron chi connectivity index (χ4n) is 2.61. The highest BCUT2D eigenvalue weighted by Crippen LogP contribution is 2.31. The van der Waals surface area contributed by atoms with Crippen molar-refractivity contribution in [1.29, 1.82) is 0 Å². The van der Waals surface area contributed by atoms with Crippen LogP contribution in [0.2, 0.25) is 0 Å². The number of amides is 1. The zero-order valence-corrected chi connectivity index (χ0v) is 17.0. The molecule has 10 nitrogen and oxygen atoms in total. The van der Waals surface area contributed by atoms with Crippen LogP contribution in [-0.2, 0) is 17.8 Å². The van der Waals surface area contributed by atoms with Crippen LogP contribution >= 0.6 is 0 Å². The van der Waals surface area contributed by atoms with Crippen molar-refractivity contribution in [2.24, 2.45) is 7.05 Å². The Labute approximate surface area is 170 Å². The number of nitrogens with zero attached hydrogens (tertiary/aromatic N) is 6. The largest absolute Gasteiger partial charge is 0.467 e. The van der Waals surface area contributed by atoms with E-state index < -0.39 is 11.7 Å². The number of hydrogen-bond donors (Lipinski definition) is 2. The highest BCUT2D eigenvalue weighted by atomic mass is 19.3. The van der Waals surface area contributed by atoms with Crippen LogP contribution in [-0.4, -0.2) is 42.7 Å². The van der Waals surface area contributed by atoms with Gasteiger partial charge in [-0.15, -0.1) is 5.10 Å². The summed E-state index contributed by atoms with van der Waals surface area (Å²) in [6, 6.07) is 3.32. The molecule has 0 saturated heterocycles. The Morgan fingerprint density at radius 3 is 2.53 bits per heavy atom. The Hall–Kier alpha value is -3.70. The summed E-state index contributed by atoms with van der Waals surface area (Å²) in [6.07, 6.45) is 1.45. The van der Waals surface area contributed by atoms with Crippen molar-refractivity contribution in [3.8, 4) is 17.4 Å². The highest BCUT2D eigenvalue weighted by molar-refractivity contribution is 5.89. The Morgan fingerprint density at radius 2 is 1.93 bits per heavy atom. The van der Waals surface area contributed by atoms with Crippen molar-refractivity contribution in [3.63, 3.8) is 0 Å². The number of aromatic nitrogens is 6. The second-order valence-corrected chi connectivity index (χ2v) is 6.57. The van der Waals surface area contributed by atoms with Crippen molar-refractivity contribution in [3.05, 3.63) is 29.8 Å². The molecule has 0 aromatic carbocycles. The molecule has 0 bridgehead atoms. The average Bonchev–Trinajstić information content (AvgIpc) is 3.01. The van der Waals surface area contributed by atoms with Crippen LogP contribution in [0.4, 0.5) is 26.1 Å². The number of hydrogen-bond acceptors (Lipinski definition) is 8. The molecule has 3 aromatic rings. The molecule has 3 aromatic heterocycles. The van der Waals surface area contributed by atoms with E-state index in [2.05, 4.69) is 35.7 Å². The van der Waals surface area contributed by atoms with Gasteiger partial charge in [-0.25, -0.2) is 19.6 Å². The average molecular weight is 418 g/mol. The summed E-state index contributed by atoms with van der Waals surface area (Å²) < 4.78 is 34.1. The minimum absolute atomic E-state index is 0.142. The molecule has 158 valence electrons. The summed E-state index contributed by atoms with van der Waals surface area (Å²) in [7, 11) is 3.12. The molecule has 0 spiro atoms. The summed E-state index contributed by atoms with van der Waals surface area (Å²) in [4.78, 5) is 27.6. The molecular weight excluding hydrogens is 398 g/mol. The van der Waals surface area contributed by atoms with Crippen molar-refractivity contribution in [1.82, 2.24) is 29.7 Å². The van der Waals surface area contributed by atoms with Crippen LogP contribution < -0.4 is 15.4 Å². The molecule has 0 aliphatic carbocycles. The van der Waals surface area contributed by atoms with Crippen LogP contribution in [0.3, 0.4) is 0 Å². The van der Waals surface area contributed by atoms with E-state index in [1.165, 1.54) is 37.0 Å². The highest BCUT2D eigenvalue weighted by Gasteiger charge is 2.29. The summed E-state index contributed by atoms with van der Waals surface area (Å²) in [5, 5.41) is 9.83. The molecule has 12 heteroatoms. The second kappa shape index (κ2) is 7.97. The molecule has 0 aliphatic rings. The Bertz CT molecular complexity index is 1090. The van der Waals surface area contributed by atoms with E-state index in [-0.39, 0.29) is 29.4 Å². The molecule has 3 rings (SSSR count). The van der Waals surface area contributed by atoms with Crippen LogP contribution in [0, 0.1) is 6.92 Å². The van der Waals surface area contributed by atoms with Gasteiger partial charge in [-0.3, -0.25) is 4.79 Å². The third kappa shape index (κ3) is 4.64. The van der Waals surface area contributed by atoms with Gasteiger partial charge in [0.05, 0.1) is 18.4 Å². The molecule has 30 heavy (non-hydrogen) atoms. The maximum Gasteiger partial charge on any atom is 0.314 e. The van der Waals surface area contributed by atoms with E-state index in [1.54, 1.807) is 14.0 Å².